The predicted molar refractivity (Wildman–Crippen MR) is 69.3 cm³/mol. The summed E-state index contributed by atoms with van der Waals surface area (Å²) < 4.78 is 38.0. The van der Waals surface area contributed by atoms with E-state index in [1.807, 2.05) is 0 Å². The Hall–Kier alpha value is -2.06. The van der Waals surface area contributed by atoms with Crippen LogP contribution in [0.5, 0.6) is 0 Å². The lowest BCUT2D eigenvalue weighted by atomic mass is 10.1. The SMILES string of the molecule is O=C(O)c1cnn(C2CCCN(C(=O)CCC(F)(F)F)C2)c1. The van der Waals surface area contributed by atoms with Crippen molar-refractivity contribution >= 4 is 11.9 Å². The lowest BCUT2D eigenvalue weighted by Crippen LogP contribution is -2.41. The maximum absolute atomic E-state index is 12.2. The Morgan fingerprint density at radius 3 is 2.73 bits per heavy atom. The summed E-state index contributed by atoms with van der Waals surface area (Å²) in [4.78, 5) is 24.1. The number of amides is 1. The Balaban J connectivity index is 1.96. The molecule has 1 amide bonds. The maximum Gasteiger partial charge on any atom is 0.389 e. The number of carboxylic acid groups (broad SMARTS) is 1. The zero-order valence-electron chi connectivity index (χ0n) is 11.7. The second-order valence-corrected chi connectivity index (χ2v) is 5.27. The van der Waals surface area contributed by atoms with Gasteiger partial charge in [-0.2, -0.15) is 18.3 Å². The fourth-order valence-electron chi connectivity index (χ4n) is 2.45. The van der Waals surface area contributed by atoms with Crippen LogP contribution in [0.1, 0.15) is 42.1 Å². The number of halogens is 3. The van der Waals surface area contributed by atoms with Crippen LogP contribution in [0.25, 0.3) is 0 Å². The van der Waals surface area contributed by atoms with E-state index in [-0.39, 0.29) is 18.2 Å². The Morgan fingerprint density at radius 1 is 1.41 bits per heavy atom. The molecule has 0 aliphatic carbocycles. The molecular weight excluding hydrogens is 303 g/mol. The van der Waals surface area contributed by atoms with E-state index >= 15 is 0 Å². The Labute approximate surface area is 124 Å². The summed E-state index contributed by atoms with van der Waals surface area (Å²) in [7, 11) is 0. The van der Waals surface area contributed by atoms with Crippen LogP contribution < -0.4 is 0 Å². The fraction of sp³-hybridized carbons (Fsp3) is 0.615. The van der Waals surface area contributed by atoms with E-state index in [4.69, 9.17) is 5.11 Å². The third kappa shape index (κ3) is 4.22. The van der Waals surface area contributed by atoms with Crippen LogP contribution in [0, 0.1) is 0 Å². The van der Waals surface area contributed by atoms with E-state index in [1.54, 1.807) is 0 Å². The highest BCUT2D eigenvalue weighted by Gasteiger charge is 2.31. The smallest absolute Gasteiger partial charge is 0.389 e. The molecule has 1 aliphatic rings. The average molecular weight is 319 g/mol. The van der Waals surface area contributed by atoms with Crippen LogP contribution in [0.4, 0.5) is 13.2 Å². The van der Waals surface area contributed by atoms with Crippen molar-refractivity contribution in [2.24, 2.45) is 0 Å². The number of carbonyl (C=O) groups excluding carboxylic acids is 1. The number of hydrogen-bond donors (Lipinski definition) is 1. The van der Waals surface area contributed by atoms with Gasteiger partial charge in [-0.25, -0.2) is 4.79 Å². The third-order valence-corrected chi connectivity index (χ3v) is 3.59. The van der Waals surface area contributed by atoms with E-state index in [2.05, 4.69) is 5.10 Å². The molecule has 22 heavy (non-hydrogen) atoms. The number of likely N-dealkylation sites (tertiary alicyclic amines) is 1. The van der Waals surface area contributed by atoms with Crippen LogP contribution in [0.15, 0.2) is 12.4 Å². The molecular formula is C13H16F3N3O3. The van der Waals surface area contributed by atoms with Gasteiger partial charge in [0.2, 0.25) is 5.91 Å². The molecule has 1 saturated heterocycles. The zero-order chi connectivity index (χ0) is 16.3. The van der Waals surface area contributed by atoms with Crippen LogP contribution in [0.2, 0.25) is 0 Å². The van der Waals surface area contributed by atoms with E-state index in [9.17, 15) is 22.8 Å². The maximum atomic E-state index is 12.2. The number of rotatable bonds is 4. The van der Waals surface area contributed by atoms with Crippen molar-refractivity contribution in [1.82, 2.24) is 14.7 Å². The van der Waals surface area contributed by atoms with Gasteiger partial charge in [0.25, 0.3) is 0 Å². The molecule has 0 bridgehead atoms. The first kappa shape index (κ1) is 16.3. The van der Waals surface area contributed by atoms with Crippen molar-refractivity contribution in [2.75, 3.05) is 13.1 Å². The van der Waals surface area contributed by atoms with Crippen LogP contribution in [-0.4, -0.2) is 50.9 Å². The van der Waals surface area contributed by atoms with E-state index in [1.165, 1.54) is 22.0 Å². The Bertz CT molecular complexity index is 556. The second-order valence-electron chi connectivity index (χ2n) is 5.27. The predicted octanol–water partition coefficient (Wildman–Crippen LogP) is 2.09. The highest BCUT2D eigenvalue weighted by Crippen LogP contribution is 2.25. The minimum absolute atomic E-state index is 0.0421. The molecule has 0 aromatic carbocycles. The number of alkyl halides is 3. The average Bonchev–Trinajstić information content (AvgIpc) is 2.94. The molecule has 9 heteroatoms. The van der Waals surface area contributed by atoms with Gasteiger partial charge in [-0.15, -0.1) is 0 Å². The van der Waals surface area contributed by atoms with Gasteiger partial charge in [-0.3, -0.25) is 9.48 Å². The number of nitrogens with zero attached hydrogens (tertiary/aromatic N) is 3. The minimum Gasteiger partial charge on any atom is -0.478 e. The molecule has 1 unspecified atom stereocenters. The molecule has 0 saturated carbocycles. The van der Waals surface area contributed by atoms with Crippen molar-refractivity contribution in [1.29, 1.82) is 0 Å². The first-order valence-electron chi connectivity index (χ1n) is 6.88. The molecule has 1 fully saturated rings. The van der Waals surface area contributed by atoms with Crippen molar-refractivity contribution in [3.63, 3.8) is 0 Å². The fourth-order valence-corrected chi connectivity index (χ4v) is 2.45. The first-order valence-corrected chi connectivity index (χ1v) is 6.88. The van der Waals surface area contributed by atoms with Crippen molar-refractivity contribution < 1.29 is 27.9 Å². The highest BCUT2D eigenvalue weighted by atomic mass is 19.4. The summed E-state index contributed by atoms with van der Waals surface area (Å²) in [6.45, 7) is 0.664. The lowest BCUT2D eigenvalue weighted by Gasteiger charge is -2.33. The largest absolute Gasteiger partial charge is 0.478 e. The minimum atomic E-state index is -4.34. The van der Waals surface area contributed by atoms with Crippen molar-refractivity contribution in [3.05, 3.63) is 18.0 Å². The van der Waals surface area contributed by atoms with Gasteiger partial charge >= 0.3 is 12.1 Å². The zero-order valence-corrected chi connectivity index (χ0v) is 11.7. The van der Waals surface area contributed by atoms with Gasteiger partial charge in [0.15, 0.2) is 0 Å². The molecule has 1 aromatic heterocycles. The number of carbonyl (C=O) groups is 2. The number of carboxylic acids is 1. The topological polar surface area (TPSA) is 75.4 Å². The van der Waals surface area contributed by atoms with Crippen LogP contribution in [0.3, 0.4) is 0 Å². The molecule has 1 atom stereocenters. The molecule has 0 spiro atoms. The number of hydrogen-bond acceptors (Lipinski definition) is 3. The molecule has 2 heterocycles. The Kier molecular flexibility index (Phi) is 4.72. The van der Waals surface area contributed by atoms with Crippen molar-refractivity contribution in [2.45, 2.75) is 37.9 Å². The number of aromatic nitrogens is 2. The molecule has 1 N–H and O–H groups in total. The summed E-state index contributed by atoms with van der Waals surface area (Å²) in [5, 5.41) is 12.8. The summed E-state index contributed by atoms with van der Waals surface area (Å²) in [5.41, 5.74) is 0.0421. The summed E-state index contributed by atoms with van der Waals surface area (Å²) in [6.07, 6.45) is -2.10. The highest BCUT2D eigenvalue weighted by molar-refractivity contribution is 5.86. The second kappa shape index (κ2) is 6.37. The third-order valence-electron chi connectivity index (χ3n) is 3.59. The summed E-state index contributed by atoms with van der Waals surface area (Å²) in [5.74, 6) is -1.63. The molecule has 6 nitrogen and oxygen atoms in total. The van der Waals surface area contributed by atoms with Gasteiger partial charge in [-0.1, -0.05) is 0 Å². The summed E-state index contributed by atoms with van der Waals surface area (Å²) in [6, 6.07) is -0.211. The van der Waals surface area contributed by atoms with Crippen LogP contribution >= 0.6 is 0 Å². The quantitative estimate of drug-likeness (QED) is 0.922. The molecule has 2 rings (SSSR count). The lowest BCUT2D eigenvalue weighted by molar-refractivity contribution is -0.150. The summed E-state index contributed by atoms with van der Waals surface area (Å²) >= 11 is 0. The van der Waals surface area contributed by atoms with Crippen LogP contribution in [-0.2, 0) is 4.79 Å². The van der Waals surface area contributed by atoms with E-state index in [0.717, 1.165) is 0 Å². The van der Waals surface area contributed by atoms with Gasteiger partial charge in [0.05, 0.1) is 24.2 Å². The Morgan fingerprint density at radius 2 is 2.14 bits per heavy atom. The number of piperidine rings is 1. The van der Waals surface area contributed by atoms with Gasteiger partial charge in [0, 0.05) is 25.7 Å². The van der Waals surface area contributed by atoms with Gasteiger partial charge in [0.1, 0.15) is 0 Å². The number of aromatic carboxylic acids is 1. The molecule has 1 aromatic rings. The van der Waals surface area contributed by atoms with Crippen molar-refractivity contribution in [3.8, 4) is 0 Å². The molecule has 122 valence electrons. The van der Waals surface area contributed by atoms with E-state index < -0.39 is 30.9 Å². The molecule has 0 radical (unpaired) electrons. The van der Waals surface area contributed by atoms with Gasteiger partial charge < -0.3 is 10.0 Å². The van der Waals surface area contributed by atoms with Gasteiger partial charge in [-0.05, 0) is 12.8 Å². The molecule has 1 aliphatic heterocycles. The standard InChI is InChI=1S/C13H16F3N3O3/c14-13(15,16)4-3-11(20)18-5-1-2-10(8-18)19-7-9(6-17-19)12(21)22/h6-7,10H,1-5,8H2,(H,21,22). The first-order chi connectivity index (χ1) is 10.3. The normalized spacial score (nSPS) is 19.2. The van der Waals surface area contributed by atoms with E-state index in [0.29, 0.717) is 19.4 Å². The monoisotopic (exact) mass is 319 g/mol.